The molecule has 7 nitrogen and oxygen atoms in total. The van der Waals surface area contributed by atoms with E-state index in [0.717, 1.165) is 11.1 Å². The summed E-state index contributed by atoms with van der Waals surface area (Å²) >= 11 is 0. The van der Waals surface area contributed by atoms with Crippen LogP contribution in [0.5, 0.6) is 11.5 Å². The lowest BCUT2D eigenvalue weighted by Crippen LogP contribution is -2.42. The fraction of sp³-hybridized carbons (Fsp3) is 0.364. The molecule has 0 atom stereocenters. The summed E-state index contributed by atoms with van der Waals surface area (Å²) in [5.74, 6) is 0.373. The molecule has 30 heavy (non-hydrogen) atoms. The van der Waals surface area contributed by atoms with Gasteiger partial charge < -0.3 is 24.4 Å². The van der Waals surface area contributed by atoms with Crippen LogP contribution in [0, 0.1) is 5.82 Å². The molecule has 2 aromatic carbocycles. The number of rotatable bonds is 10. The number of urea groups is 1. The number of ether oxygens (including phenoxy) is 3. The van der Waals surface area contributed by atoms with E-state index in [1.807, 2.05) is 12.1 Å². The smallest absolute Gasteiger partial charge is 0.325 e. The molecule has 0 aromatic heterocycles. The molecule has 0 saturated carbocycles. The van der Waals surface area contributed by atoms with Crippen molar-refractivity contribution in [2.24, 2.45) is 0 Å². The molecule has 2 amide bonds. The van der Waals surface area contributed by atoms with Crippen molar-refractivity contribution in [2.75, 3.05) is 33.9 Å². The van der Waals surface area contributed by atoms with E-state index in [1.165, 1.54) is 12.1 Å². The third-order valence-electron chi connectivity index (χ3n) is 4.38. The number of carbonyl (C=O) groups excluding carboxylic acids is 2. The first-order valence-electron chi connectivity index (χ1n) is 9.60. The molecule has 0 aliphatic heterocycles. The van der Waals surface area contributed by atoms with Crippen LogP contribution in [-0.2, 0) is 22.5 Å². The largest absolute Gasteiger partial charge is 0.493 e. The van der Waals surface area contributed by atoms with Gasteiger partial charge in [-0.3, -0.25) is 4.79 Å². The molecule has 0 saturated heterocycles. The number of nitrogens with zero attached hydrogens (tertiary/aromatic N) is 1. The predicted molar refractivity (Wildman–Crippen MR) is 110 cm³/mol. The lowest BCUT2D eigenvalue weighted by Gasteiger charge is -2.23. The SMILES string of the molecule is CCOC(=O)CNC(=O)N(CCc1ccc(OC)c(OC)c1)Cc1ccc(F)cc1. The molecule has 0 fully saturated rings. The Morgan fingerprint density at radius 3 is 2.30 bits per heavy atom. The highest BCUT2D eigenvalue weighted by Crippen LogP contribution is 2.27. The maximum atomic E-state index is 13.2. The van der Waals surface area contributed by atoms with Crippen molar-refractivity contribution >= 4 is 12.0 Å². The van der Waals surface area contributed by atoms with Crippen LogP contribution in [0.1, 0.15) is 18.1 Å². The van der Waals surface area contributed by atoms with Crippen LogP contribution in [-0.4, -0.2) is 50.8 Å². The van der Waals surface area contributed by atoms with Crippen LogP contribution in [0.15, 0.2) is 42.5 Å². The van der Waals surface area contributed by atoms with Crippen molar-refractivity contribution in [1.29, 1.82) is 0 Å². The van der Waals surface area contributed by atoms with Crippen LogP contribution in [0.2, 0.25) is 0 Å². The fourth-order valence-electron chi connectivity index (χ4n) is 2.83. The Morgan fingerprint density at radius 1 is 1.00 bits per heavy atom. The summed E-state index contributed by atoms with van der Waals surface area (Å²) in [6.07, 6.45) is 0.550. The zero-order valence-electron chi connectivity index (χ0n) is 17.4. The minimum Gasteiger partial charge on any atom is -0.493 e. The number of hydrogen-bond acceptors (Lipinski definition) is 5. The Labute approximate surface area is 175 Å². The zero-order valence-corrected chi connectivity index (χ0v) is 17.4. The van der Waals surface area contributed by atoms with Gasteiger partial charge in [-0.15, -0.1) is 0 Å². The van der Waals surface area contributed by atoms with Crippen molar-refractivity contribution in [3.8, 4) is 11.5 Å². The number of esters is 1. The summed E-state index contributed by atoms with van der Waals surface area (Å²) in [6, 6.07) is 11.1. The molecule has 0 bridgehead atoms. The summed E-state index contributed by atoms with van der Waals surface area (Å²) in [5, 5.41) is 2.57. The maximum Gasteiger partial charge on any atom is 0.325 e. The molecule has 0 aliphatic carbocycles. The number of amides is 2. The Morgan fingerprint density at radius 2 is 1.67 bits per heavy atom. The van der Waals surface area contributed by atoms with Gasteiger partial charge in [-0.25, -0.2) is 9.18 Å². The molecule has 2 rings (SSSR count). The van der Waals surface area contributed by atoms with Gasteiger partial charge in [-0.2, -0.15) is 0 Å². The van der Waals surface area contributed by atoms with Crippen LogP contribution >= 0.6 is 0 Å². The highest BCUT2D eigenvalue weighted by atomic mass is 19.1. The Kier molecular flexibility index (Phi) is 8.93. The lowest BCUT2D eigenvalue weighted by atomic mass is 10.1. The molecule has 1 N–H and O–H groups in total. The molecular weight excluding hydrogens is 391 g/mol. The zero-order chi connectivity index (χ0) is 21.9. The highest BCUT2D eigenvalue weighted by molar-refractivity contribution is 5.80. The van der Waals surface area contributed by atoms with E-state index in [1.54, 1.807) is 44.2 Å². The second-order valence-corrected chi connectivity index (χ2v) is 6.45. The number of carbonyl (C=O) groups is 2. The molecule has 0 spiro atoms. The highest BCUT2D eigenvalue weighted by Gasteiger charge is 2.16. The number of halogens is 1. The summed E-state index contributed by atoms with van der Waals surface area (Å²) in [5.41, 5.74) is 1.73. The number of methoxy groups -OCH3 is 2. The average molecular weight is 418 g/mol. The summed E-state index contributed by atoms with van der Waals surface area (Å²) < 4.78 is 28.6. The maximum absolute atomic E-state index is 13.2. The van der Waals surface area contributed by atoms with Gasteiger partial charge in [0.05, 0.1) is 20.8 Å². The van der Waals surface area contributed by atoms with Gasteiger partial charge in [0.2, 0.25) is 0 Å². The van der Waals surface area contributed by atoms with E-state index in [9.17, 15) is 14.0 Å². The molecule has 0 heterocycles. The standard InChI is InChI=1S/C22H27FN2O5/c1-4-30-21(26)14-24-22(27)25(15-17-5-8-18(23)9-6-17)12-11-16-7-10-19(28-2)20(13-16)29-3/h5-10,13H,4,11-12,14-15H2,1-3H3,(H,24,27). The topological polar surface area (TPSA) is 77.1 Å². The molecule has 0 radical (unpaired) electrons. The van der Waals surface area contributed by atoms with E-state index in [2.05, 4.69) is 5.32 Å². The van der Waals surface area contributed by atoms with Crippen molar-refractivity contribution in [3.63, 3.8) is 0 Å². The average Bonchev–Trinajstić information content (AvgIpc) is 2.76. The molecular formula is C22H27FN2O5. The normalized spacial score (nSPS) is 10.3. The first-order chi connectivity index (χ1) is 14.5. The van der Waals surface area contributed by atoms with Crippen molar-refractivity contribution in [3.05, 3.63) is 59.4 Å². The van der Waals surface area contributed by atoms with Crippen LogP contribution in [0.25, 0.3) is 0 Å². The minimum atomic E-state index is -0.507. The Bertz CT molecular complexity index is 842. The number of benzene rings is 2. The van der Waals surface area contributed by atoms with Gasteiger partial charge >= 0.3 is 12.0 Å². The summed E-state index contributed by atoms with van der Waals surface area (Å²) in [6.45, 7) is 2.36. The van der Waals surface area contributed by atoms with Gasteiger partial charge in [-0.05, 0) is 48.7 Å². The molecule has 0 aliphatic rings. The number of nitrogens with one attached hydrogen (secondary N) is 1. The first kappa shape index (κ1) is 23.0. The third-order valence-corrected chi connectivity index (χ3v) is 4.38. The summed E-state index contributed by atoms with van der Waals surface area (Å²) in [4.78, 5) is 25.8. The van der Waals surface area contributed by atoms with E-state index in [4.69, 9.17) is 14.2 Å². The van der Waals surface area contributed by atoms with Crippen LogP contribution < -0.4 is 14.8 Å². The van der Waals surface area contributed by atoms with E-state index >= 15 is 0 Å². The second-order valence-electron chi connectivity index (χ2n) is 6.45. The van der Waals surface area contributed by atoms with Crippen molar-refractivity contribution in [1.82, 2.24) is 10.2 Å². The second kappa shape index (κ2) is 11.6. The van der Waals surface area contributed by atoms with E-state index < -0.39 is 12.0 Å². The van der Waals surface area contributed by atoms with Gasteiger partial charge in [-0.1, -0.05) is 18.2 Å². The Balaban J connectivity index is 2.08. The van der Waals surface area contributed by atoms with Crippen LogP contribution in [0.3, 0.4) is 0 Å². The summed E-state index contributed by atoms with van der Waals surface area (Å²) in [7, 11) is 3.13. The predicted octanol–water partition coefficient (Wildman–Crippen LogP) is 3.16. The lowest BCUT2D eigenvalue weighted by molar-refractivity contribution is -0.141. The van der Waals surface area contributed by atoms with Crippen molar-refractivity contribution in [2.45, 2.75) is 19.9 Å². The first-order valence-corrected chi connectivity index (χ1v) is 9.60. The van der Waals surface area contributed by atoms with Gasteiger partial charge in [0.1, 0.15) is 12.4 Å². The van der Waals surface area contributed by atoms with Crippen molar-refractivity contribution < 1.29 is 28.2 Å². The molecule has 8 heteroatoms. The minimum absolute atomic E-state index is 0.219. The molecule has 0 unspecified atom stereocenters. The van der Waals surface area contributed by atoms with Gasteiger partial charge in [0, 0.05) is 13.1 Å². The van der Waals surface area contributed by atoms with Gasteiger partial charge in [0.25, 0.3) is 0 Å². The van der Waals surface area contributed by atoms with E-state index in [-0.39, 0.29) is 25.5 Å². The van der Waals surface area contributed by atoms with Gasteiger partial charge in [0.15, 0.2) is 11.5 Å². The molecule has 2 aromatic rings. The number of hydrogen-bond donors (Lipinski definition) is 1. The molecule has 162 valence electrons. The van der Waals surface area contributed by atoms with E-state index in [0.29, 0.717) is 24.5 Å². The van der Waals surface area contributed by atoms with Crippen LogP contribution in [0.4, 0.5) is 9.18 Å². The fourth-order valence-corrected chi connectivity index (χ4v) is 2.83. The monoisotopic (exact) mass is 418 g/mol. The Hall–Kier alpha value is -3.29. The third kappa shape index (κ3) is 6.95. The quantitative estimate of drug-likeness (QED) is 0.600.